The normalized spacial score (nSPS) is 11.4. The maximum atomic E-state index is 13.2. The topological polar surface area (TPSA) is 69.7 Å². The zero-order chi connectivity index (χ0) is 20.0. The predicted molar refractivity (Wildman–Crippen MR) is 105 cm³/mol. The summed E-state index contributed by atoms with van der Waals surface area (Å²) < 4.78 is 40.2. The van der Waals surface area contributed by atoms with E-state index < -0.39 is 28.5 Å². The number of carbonyl (C=O) groups is 1. The van der Waals surface area contributed by atoms with E-state index in [4.69, 9.17) is 11.6 Å². The van der Waals surface area contributed by atoms with Gasteiger partial charge in [0.1, 0.15) is 12.4 Å². The van der Waals surface area contributed by atoms with E-state index in [1.54, 1.807) is 12.1 Å². The molecule has 0 saturated carbocycles. The molecule has 2 aromatic rings. The summed E-state index contributed by atoms with van der Waals surface area (Å²) >= 11 is 5.83. The SMILES string of the molecule is CN(C)S(=O)(=O)N(CC(=O)NCCc1ccc(Cl)cc1)c1ccc(F)cc1. The lowest BCUT2D eigenvalue weighted by atomic mass is 10.1. The molecule has 1 N–H and O–H groups in total. The number of carbonyl (C=O) groups excluding carboxylic acids is 1. The van der Waals surface area contributed by atoms with Gasteiger partial charge in [0, 0.05) is 25.7 Å². The number of hydrogen-bond acceptors (Lipinski definition) is 3. The molecule has 0 bridgehead atoms. The van der Waals surface area contributed by atoms with Crippen LogP contribution in [0.2, 0.25) is 5.02 Å². The van der Waals surface area contributed by atoms with Crippen LogP contribution in [0.1, 0.15) is 5.56 Å². The second-order valence-electron chi connectivity index (χ2n) is 6.00. The van der Waals surface area contributed by atoms with Crippen molar-refractivity contribution >= 4 is 33.4 Å². The quantitative estimate of drug-likeness (QED) is 0.722. The second-order valence-corrected chi connectivity index (χ2v) is 8.50. The Kier molecular flexibility index (Phi) is 7.18. The highest BCUT2D eigenvalue weighted by Gasteiger charge is 2.27. The lowest BCUT2D eigenvalue weighted by Crippen LogP contribution is -2.46. The van der Waals surface area contributed by atoms with Crippen LogP contribution >= 0.6 is 11.6 Å². The Morgan fingerprint density at radius 1 is 1.07 bits per heavy atom. The van der Waals surface area contributed by atoms with Crippen LogP contribution in [0.25, 0.3) is 0 Å². The summed E-state index contributed by atoms with van der Waals surface area (Å²) in [4.78, 5) is 12.3. The van der Waals surface area contributed by atoms with Crippen molar-refractivity contribution in [3.63, 3.8) is 0 Å². The Morgan fingerprint density at radius 3 is 2.22 bits per heavy atom. The van der Waals surface area contributed by atoms with Gasteiger partial charge in [0.25, 0.3) is 0 Å². The highest BCUT2D eigenvalue weighted by molar-refractivity contribution is 7.90. The first-order valence-corrected chi connectivity index (χ1v) is 9.94. The first-order chi connectivity index (χ1) is 12.7. The molecule has 2 rings (SSSR count). The van der Waals surface area contributed by atoms with E-state index in [0.717, 1.165) is 26.3 Å². The fourth-order valence-corrected chi connectivity index (χ4v) is 3.48. The van der Waals surface area contributed by atoms with Crippen molar-refractivity contribution in [1.29, 1.82) is 0 Å². The number of rotatable bonds is 8. The van der Waals surface area contributed by atoms with E-state index in [0.29, 0.717) is 18.0 Å². The van der Waals surface area contributed by atoms with Crippen LogP contribution in [0.4, 0.5) is 10.1 Å². The van der Waals surface area contributed by atoms with Crippen molar-refractivity contribution in [3.8, 4) is 0 Å². The number of hydrogen-bond donors (Lipinski definition) is 1. The summed E-state index contributed by atoms with van der Waals surface area (Å²) in [5.74, 6) is -0.952. The molecule has 0 aliphatic carbocycles. The van der Waals surface area contributed by atoms with E-state index in [9.17, 15) is 17.6 Å². The van der Waals surface area contributed by atoms with Crippen LogP contribution in [-0.2, 0) is 21.4 Å². The molecule has 0 aromatic heterocycles. The van der Waals surface area contributed by atoms with E-state index in [1.165, 1.54) is 26.2 Å². The van der Waals surface area contributed by atoms with Gasteiger partial charge in [0.2, 0.25) is 5.91 Å². The van der Waals surface area contributed by atoms with Crippen molar-refractivity contribution < 1.29 is 17.6 Å². The summed E-state index contributed by atoms with van der Waals surface area (Å²) in [6, 6.07) is 12.2. The molecule has 1 amide bonds. The smallest absolute Gasteiger partial charge is 0.304 e. The largest absolute Gasteiger partial charge is 0.354 e. The van der Waals surface area contributed by atoms with E-state index in [-0.39, 0.29) is 5.69 Å². The minimum Gasteiger partial charge on any atom is -0.354 e. The third-order valence-corrected chi connectivity index (χ3v) is 5.86. The molecule has 0 fully saturated rings. The Bertz CT molecular complexity index is 872. The molecular formula is C18H21ClFN3O3S. The Hall–Kier alpha value is -2.16. The van der Waals surface area contributed by atoms with Crippen LogP contribution in [0, 0.1) is 5.82 Å². The second kappa shape index (κ2) is 9.16. The van der Waals surface area contributed by atoms with Gasteiger partial charge >= 0.3 is 10.2 Å². The van der Waals surface area contributed by atoms with Crippen molar-refractivity contribution in [2.75, 3.05) is 31.5 Å². The molecule has 0 radical (unpaired) electrons. The van der Waals surface area contributed by atoms with Gasteiger partial charge in [0.15, 0.2) is 0 Å². The molecule has 6 nitrogen and oxygen atoms in total. The Labute approximate surface area is 163 Å². The number of anilines is 1. The summed E-state index contributed by atoms with van der Waals surface area (Å²) in [6.45, 7) is -0.0630. The molecule has 0 aliphatic heterocycles. The van der Waals surface area contributed by atoms with Crippen molar-refractivity contribution in [1.82, 2.24) is 9.62 Å². The third-order valence-electron chi connectivity index (χ3n) is 3.79. The maximum absolute atomic E-state index is 13.2. The first-order valence-electron chi connectivity index (χ1n) is 8.17. The molecular weight excluding hydrogens is 393 g/mol. The van der Waals surface area contributed by atoms with Gasteiger partial charge in [-0.15, -0.1) is 0 Å². The highest BCUT2D eigenvalue weighted by Crippen LogP contribution is 2.19. The highest BCUT2D eigenvalue weighted by atomic mass is 35.5. The van der Waals surface area contributed by atoms with Crippen LogP contribution in [-0.4, -0.2) is 45.8 Å². The lowest BCUT2D eigenvalue weighted by molar-refractivity contribution is -0.119. The van der Waals surface area contributed by atoms with Gasteiger partial charge in [-0.1, -0.05) is 23.7 Å². The van der Waals surface area contributed by atoms with Crippen LogP contribution in [0.3, 0.4) is 0 Å². The Balaban J connectivity index is 2.04. The number of benzene rings is 2. The molecule has 27 heavy (non-hydrogen) atoms. The fraction of sp³-hybridized carbons (Fsp3) is 0.278. The number of nitrogens with zero attached hydrogens (tertiary/aromatic N) is 2. The number of halogens is 2. The van der Waals surface area contributed by atoms with E-state index in [2.05, 4.69) is 5.32 Å². The summed E-state index contributed by atoms with van der Waals surface area (Å²) in [5.41, 5.74) is 1.20. The van der Waals surface area contributed by atoms with Crippen molar-refractivity contribution in [2.24, 2.45) is 0 Å². The minimum absolute atomic E-state index is 0.206. The Morgan fingerprint density at radius 2 is 1.67 bits per heavy atom. The number of nitrogens with one attached hydrogen (secondary N) is 1. The van der Waals surface area contributed by atoms with Gasteiger partial charge in [-0.3, -0.25) is 4.79 Å². The molecule has 146 valence electrons. The molecule has 9 heteroatoms. The zero-order valence-electron chi connectivity index (χ0n) is 15.0. The van der Waals surface area contributed by atoms with E-state index in [1.807, 2.05) is 12.1 Å². The van der Waals surface area contributed by atoms with Gasteiger partial charge in [-0.05, 0) is 48.4 Å². The third kappa shape index (κ3) is 5.92. The monoisotopic (exact) mass is 413 g/mol. The lowest BCUT2D eigenvalue weighted by Gasteiger charge is -2.26. The van der Waals surface area contributed by atoms with Gasteiger partial charge in [-0.25, -0.2) is 8.70 Å². The first kappa shape index (κ1) is 21.1. The van der Waals surface area contributed by atoms with Gasteiger partial charge in [0.05, 0.1) is 5.69 Å². The molecule has 0 saturated heterocycles. The van der Waals surface area contributed by atoms with Crippen LogP contribution in [0.15, 0.2) is 48.5 Å². The molecule has 0 heterocycles. The fourth-order valence-electron chi connectivity index (χ4n) is 2.29. The molecule has 0 atom stereocenters. The minimum atomic E-state index is -3.91. The standard InChI is InChI=1S/C18H21ClFN3O3S/c1-22(2)27(25,26)23(17-9-7-16(20)8-10-17)13-18(24)21-12-11-14-3-5-15(19)6-4-14/h3-10H,11-13H2,1-2H3,(H,21,24). The van der Waals surface area contributed by atoms with Crippen molar-refractivity contribution in [3.05, 3.63) is 64.9 Å². The van der Waals surface area contributed by atoms with E-state index >= 15 is 0 Å². The molecule has 0 unspecified atom stereocenters. The average molecular weight is 414 g/mol. The van der Waals surface area contributed by atoms with Crippen molar-refractivity contribution in [2.45, 2.75) is 6.42 Å². The molecule has 2 aromatic carbocycles. The molecule has 0 aliphatic rings. The van der Waals surface area contributed by atoms with Crippen LogP contribution < -0.4 is 9.62 Å². The summed E-state index contributed by atoms with van der Waals surface area (Å²) in [6.07, 6.45) is 0.583. The average Bonchev–Trinajstić information content (AvgIpc) is 2.62. The zero-order valence-corrected chi connectivity index (χ0v) is 16.6. The summed E-state index contributed by atoms with van der Waals surface area (Å²) in [5, 5.41) is 3.33. The number of amides is 1. The van der Waals surface area contributed by atoms with Crippen LogP contribution in [0.5, 0.6) is 0 Å². The maximum Gasteiger partial charge on any atom is 0.304 e. The molecule has 0 spiro atoms. The predicted octanol–water partition coefficient (Wildman–Crippen LogP) is 2.45. The summed E-state index contributed by atoms with van der Waals surface area (Å²) in [7, 11) is -1.18. The van der Waals surface area contributed by atoms with Gasteiger partial charge < -0.3 is 5.32 Å². The van der Waals surface area contributed by atoms with Gasteiger partial charge in [-0.2, -0.15) is 12.7 Å².